The summed E-state index contributed by atoms with van der Waals surface area (Å²) in [6.07, 6.45) is 67.5. The Bertz CT molecular complexity index is 1650. The molecule has 0 aliphatic heterocycles. The number of nitrogens with zero attached hydrogens (tertiary/aromatic N) is 2. The molecule has 0 bridgehead atoms. The third kappa shape index (κ3) is 39.6. The molecule has 0 atom stereocenters. The van der Waals surface area contributed by atoms with Crippen LogP contribution in [0.2, 0.25) is 0 Å². The van der Waals surface area contributed by atoms with Crippen molar-refractivity contribution in [2.45, 2.75) is 310 Å². The fourth-order valence-electron chi connectivity index (χ4n) is 9.66. The summed E-state index contributed by atoms with van der Waals surface area (Å²) in [7, 11) is 0. The summed E-state index contributed by atoms with van der Waals surface area (Å²) in [5, 5.41) is 0. The van der Waals surface area contributed by atoms with Crippen LogP contribution in [0.1, 0.15) is 308 Å². The van der Waals surface area contributed by atoms with Gasteiger partial charge in [0.1, 0.15) is 5.71 Å². The van der Waals surface area contributed by atoms with Crippen molar-refractivity contribution in [3.05, 3.63) is 84.0 Å². The van der Waals surface area contributed by atoms with Gasteiger partial charge in [-0.2, -0.15) is 0 Å². The first kappa shape index (κ1) is 66.5. The van der Waals surface area contributed by atoms with Crippen molar-refractivity contribution in [1.29, 1.82) is 0 Å². The van der Waals surface area contributed by atoms with E-state index in [0.717, 1.165) is 93.4 Å². The Morgan fingerprint density at radius 1 is 0.366 bits per heavy atom. The second-order valence-electron chi connectivity index (χ2n) is 21.0. The maximum atomic E-state index is 5.46. The Labute approximate surface area is 456 Å². The molecule has 0 heterocycles. The molecule has 0 saturated carbocycles. The van der Waals surface area contributed by atoms with Gasteiger partial charge >= 0.3 is 0 Å². The Kier molecular flexibility index (Phi) is 49.0. The minimum Gasteiger partial charge on any atom is -0.250 e. The van der Waals surface area contributed by atoms with E-state index in [9.17, 15) is 0 Å². The number of hydrogen-bond acceptors (Lipinski definition) is 2. The fraction of sp³-hybridized carbons (Fsp3) is 0.706. The van der Waals surface area contributed by atoms with Crippen LogP contribution >= 0.6 is 0 Å². The molecular formula is C68H112N2Pd. The summed E-state index contributed by atoms with van der Waals surface area (Å²) >= 11 is 0. The Balaban J connectivity index is 0.0000252. The molecule has 0 spiro atoms. The summed E-state index contributed by atoms with van der Waals surface area (Å²) in [6.45, 7) is 9.16. The van der Waals surface area contributed by atoms with Crippen molar-refractivity contribution in [3.8, 4) is 11.8 Å². The second-order valence-corrected chi connectivity index (χ2v) is 21.0. The first-order valence-corrected chi connectivity index (χ1v) is 30.8. The third-order valence-electron chi connectivity index (χ3n) is 14.3. The molecule has 71 heavy (non-hydrogen) atoms. The zero-order valence-corrected chi connectivity index (χ0v) is 48.8. The van der Waals surface area contributed by atoms with Crippen LogP contribution in [0.3, 0.4) is 0 Å². The molecule has 0 fully saturated rings. The molecule has 404 valence electrons. The van der Waals surface area contributed by atoms with Gasteiger partial charge in [0.25, 0.3) is 0 Å². The molecule has 0 aliphatic rings. The van der Waals surface area contributed by atoms with E-state index >= 15 is 0 Å². The molecule has 2 aromatic carbocycles. The van der Waals surface area contributed by atoms with Gasteiger partial charge in [-0.1, -0.05) is 287 Å². The number of unbranched alkanes of at least 4 members (excludes halogenated alkanes) is 35. The predicted molar refractivity (Wildman–Crippen MR) is 317 cm³/mol. The van der Waals surface area contributed by atoms with Gasteiger partial charge in [0, 0.05) is 26.8 Å². The maximum Gasteiger partial charge on any atom is 0.135 e. The summed E-state index contributed by atoms with van der Waals surface area (Å²) in [5.74, 6) is 7.16. The number of aryl methyl sites for hydroxylation is 2. The van der Waals surface area contributed by atoms with E-state index in [1.807, 2.05) is 0 Å². The van der Waals surface area contributed by atoms with Crippen molar-refractivity contribution < 1.29 is 20.4 Å². The largest absolute Gasteiger partial charge is 0.250 e. The first-order valence-electron chi connectivity index (χ1n) is 30.8. The normalized spacial score (nSPS) is 12.0. The standard InChI is InChI=1S/C68H112N2.Pd/c1-5-9-13-16-19-21-23-25-27-29-31-33-35-37-39-41-43-45-48-55-63-57-51-53-60-65(63)69-67(59-12-8-4)68(62-50-47-18-15-11-7-3)70-66-61-54-52-58-64(66)56-49-46-44-42-40-38-36-34-32-30-28-26-24-22-20-17-14-10-6-2;/h41-44,51-54,57-58,60-61H,5-40,45-49,55-56,59H2,1-4H3;. The molecule has 0 amide bonds. The van der Waals surface area contributed by atoms with E-state index < -0.39 is 0 Å². The van der Waals surface area contributed by atoms with Gasteiger partial charge in [-0.25, -0.2) is 4.99 Å². The van der Waals surface area contributed by atoms with Gasteiger partial charge in [-0.3, -0.25) is 4.99 Å². The SMILES string of the molecule is CCCCCCC#CC(=Nc1ccccc1CCCC=CCCCCCCCCCCCCCCCC)C(CCCC)=Nc1ccccc1CCCC=CCCCCCCCCCCCCCCCC.[Pd]. The average molecular weight is 1060 g/mol. The zero-order chi connectivity index (χ0) is 49.9. The van der Waals surface area contributed by atoms with Crippen LogP contribution in [0, 0.1) is 11.8 Å². The molecule has 2 nitrogen and oxygen atoms in total. The van der Waals surface area contributed by atoms with E-state index in [-0.39, 0.29) is 20.4 Å². The molecule has 3 heteroatoms. The quantitative estimate of drug-likeness (QED) is 0.0207. The van der Waals surface area contributed by atoms with Crippen LogP contribution in [0.15, 0.2) is 82.8 Å². The van der Waals surface area contributed by atoms with E-state index in [2.05, 4.69) is 112 Å². The summed E-state index contributed by atoms with van der Waals surface area (Å²) in [5.41, 5.74) is 6.71. The molecule has 0 aromatic heterocycles. The summed E-state index contributed by atoms with van der Waals surface area (Å²) in [6, 6.07) is 17.6. The van der Waals surface area contributed by atoms with Crippen molar-refractivity contribution in [2.75, 3.05) is 0 Å². The number of rotatable bonds is 48. The van der Waals surface area contributed by atoms with Crippen molar-refractivity contribution >= 4 is 22.8 Å². The van der Waals surface area contributed by atoms with Gasteiger partial charge in [-0.05, 0) is 113 Å². The summed E-state index contributed by atoms with van der Waals surface area (Å²) < 4.78 is 0. The number of hydrogen-bond donors (Lipinski definition) is 0. The predicted octanol–water partition coefficient (Wildman–Crippen LogP) is 23.2. The first-order chi connectivity index (χ1) is 34.7. The fourth-order valence-corrected chi connectivity index (χ4v) is 9.66. The molecule has 2 rings (SSSR count). The molecular weight excluding hydrogens is 951 g/mol. The van der Waals surface area contributed by atoms with Gasteiger partial charge in [0.15, 0.2) is 0 Å². The summed E-state index contributed by atoms with van der Waals surface area (Å²) in [4.78, 5) is 10.9. The second kappa shape index (κ2) is 52.3. The van der Waals surface area contributed by atoms with E-state index in [4.69, 9.17) is 9.98 Å². The number of allylic oxidation sites excluding steroid dienone is 4. The van der Waals surface area contributed by atoms with Crippen LogP contribution in [0.25, 0.3) is 0 Å². The smallest absolute Gasteiger partial charge is 0.135 e. The number of para-hydroxylation sites is 2. The maximum absolute atomic E-state index is 5.46. The van der Waals surface area contributed by atoms with Crippen LogP contribution in [-0.4, -0.2) is 11.4 Å². The zero-order valence-electron chi connectivity index (χ0n) is 47.3. The minimum atomic E-state index is 0. The molecule has 0 unspecified atom stereocenters. The van der Waals surface area contributed by atoms with E-state index in [0.29, 0.717) is 0 Å². The topological polar surface area (TPSA) is 24.7 Å². The van der Waals surface area contributed by atoms with Gasteiger partial charge < -0.3 is 0 Å². The van der Waals surface area contributed by atoms with E-state index in [1.165, 1.54) is 223 Å². The number of benzene rings is 2. The van der Waals surface area contributed by atoms with Gasteiger partial charge in [0.05, 0.1) is 17.1 Å². The molecule has 0 N–H and O–H groups in total. The average Bonchev–Trinajstić information content (AvgIpc) is 3.38. The minimum absolute atomic E-state index is 0. The van der Waals surface area contributed by atoms with Crippen LogP contribution in [0.5, 0.6) is 0 Å². The Hall–Kier alpha value is -2.52. The van der Waals surface area contributed by atoms with Crippen molar-refractivity contribution in [3.63, 3.8) is 0 Å². The van der Waals surface area contributed by atoms with Crippen LogP contribution in [-0.2, 0) is 33.3 Å². The van der Waals surface area contributed by atoms with Crippen LogP contribution < -0.4 is 0 Å². The third-order valence-corrected chi connectivity index (χ3v) is 14.3. The molecule has 2 aromatic rings. The van der Waals surface area contributed by atoms with Gasteiger partial charge in [-0.15, -0.1) is 0 Å². The van der Waals surface area contributed by atoms with E-state index in [1.54, 1.807) is 0 Å². The molecule has 0 radical (unpaired) electrons. The van der Waals surface area contributed by atoms with Crippen molar-refractivity contribution in [1.82, 2.24) is 0 Å². The van der Waals surface area contributed by atoms with Crippen molar-refractivity contribution in [2.24, 2.45) is 9.98 Å². The van der Waals surface area contributed by atoms with Gasteiger partial charge in [0.2, 0.25) is 0 Å². The van der Waals surface area contributed by atoms with Crippen LogP contribution in [0.4, 0.5) is 11.4 Å². The molecule has 0 aliphatic carbocycles. The number of aliphatic imine (C=N–C) groups is 2. The molecule has 0 saturated heterocycles. The Morgan fingerprint density at radius 3 is 1.08 bits per heavy atom. The monoisotopic (exact) mass is 1060 g/mol. The Morgan fingerprint density at radius 2 is 0.690 bits per heavy atom.